The fraction of sp³-hybridized carbons (Fsp3) is 0.250. The second kappa shape index (κ2) is 4.73. The normalized spacial score (nSPS) is 18.4. The van der Waals surface area contributed by atoms with Crippen molar-refractivity contribution >= 4 is 10.9 Å². The maximum Gasteiger partial charge on any atom is 0.128 e. The largest absolute Gasteiger partial charge is 0.492 e. The molecule has 2 heteroatoms. The van der Waals surface area contributed by atoms with Crippen LogP contribution in [0.3, 0.4) is 0 Å². The summed E-state index contributed by atoms with van der Waals surface area (Å²) in [5, 5.41) is 1.19. The Labute approximate surface area is 107 Å². The quantitative estimate of drug-likeness (QED) is 0.796. The van der Waals surface area contributed by atoms with E-state index in [4.69, 9.17) is 4.74 Å². The van der Waals surface area contributed by atoms with Crippen LogP contribution in [-0.2, 0) is 7.05 Å². The molecule has 0 bridgehead atoms. The molecule has 0 saturated carbocycles. The van der Waals surface area contributed by atoms with Crippen LogP contribution in [0, 0.1) is 5.92 Å². The van der Waals surface area contributed by atoms with Crippen molar-refractivity contribution in [3.8, 4) is 5.75 Å². The smallest absolute Gasteiger partial charge is 0.128 e. The zero-order valence-electron chi connectivity index (χ0n) is 10.5. The lowest BCUT2D eigenvalue weighted by atomic mass is 10.0. The maximum absolute atomic E-state index is 5.97. The molecule has 0 N–H and O–H groups in total. The average molecular weight is 239 g/mol. The highest BCUT2D eigenvalue weighted by Crippen LogP contribution is 2.26. The number of allylic oxidation sites excluding steroid dienone is 3. The van der Waals surface area contributed by atoms with Crippen LogP contribution in [0.2, 0.25) is 0 Å². The van der Waals surface area contributed by atoms with Gasteiger partial charge in [-0.1, -0.05) is 30.4 Å². The molecule has 2 nitrogen and oxygen atoms in total. The summed E-state index contributed by atoms with van der Waals surface area (Å²) in [6.45, 7) is 0.745. The van der Waals surface area contributed by atoms with E-state index in [1.165, 1.54) is 10.9 Å². The lowest BCUT2D eigenvalue weighted by molar-refractivity contribution is 0.279. The van der Waals surface area contributed by atoms with E-state index in [0.717, 1.165) is 18.8 Å². The zero-order valence-corrected chi connectivity index (χ0v) is 10.5. The number of rotatable bonds is 3. The third-order valence-corrected chi connectivity index (χ3v) is 3.41. The van der Waals surface area contributed by atoms with Crippen LogP contribution in [0.25, 0.3) is 10.9 Å². The Hall–Kier alpha value is -1.96. The molecule has 0 aliphatic heterocycles. The Balaban J connectivity index is 1.78. The number of benzene rings is 1. The van der Waals surface area contributed by atoms with Gasteiger partial charge in [-0.3, -0.25) is 0 Å². The maximum atomic E-state index is 5.97. The fourth-order valence-electron chi connectivity index (χ4n) is 2.35. The molecule has 18 heavy (non-hydrogen) atoms. The van der Waals surface area contributed by atoms with Gasteiger partial charge in [0, 0.05) is 24.5 Å². The van der Waals surface area contributed by atoms with Crippen LogP contribution in [0.1, 0.15) is 6.42 Å². The number of hydrogen-bond donors (Lipinski definition) is 0. The molecular formula is C16H17NO. The van der Waals surface area contributed by atoms with Gasteiger partial charge in [-0.05, 0) is 24.6 Å². The van der Waals surface area contributed by atoms with E-state index < -0.39 is 0 Å². The monoisotopic (exact) mass is 239 g/mol. The Bertz CT molecular complexity index is 607. The number of nitrogens with zero attached hydrogens (tertiary/aromatic N) is 1. The van der Waals surface area contributed by atoms with Crippen molar-refractivity contribution in [2.75, 3.05) is 6.61 Å². The van der Waals surface area contributed by atoms with Crippen LogP contribution < -0.4 is 4.74 Å². The summed E-state index contributed by atoms with van der Waals surface area (Å²) in [7, 11) is 2.06. The number of aryl methyl sites for hydroxylation is 1. The van der Waals surface area contributed by atoms with Crippen molar-refractivity contribution in [2.45, 2.75) is 6.42 Å². The van der Waals surface area contributed by atoms with E-state index in [1.54, 1.807) is 0 Å². The molecule has 1 heterocycles. The van der Waals surface area contributed by atoms with Gasteiger partial charge in [0.25, 0.3) is 0 Å². The molecule has 1 aliphatic rings. The van der Waals surface area contributed by atoms with Crippen LogP contribution >= 0.6 is 0 Å². The fourth-order valence-corrected chi connectivity index (χ4v) is 2.35. The first kappa shape index (κ1) is 11.1. The van der Waals surface area contributed by atoms with Crippen molar-refractivity contribution < 1.29 is 4.74 Å². The summed E-state index contributed by atoms with van der Waals surface area (Å²) in [6, 6.07) is 8.33. The molecular weight excluding hydrogens is 222 g/mol. The van der Waals surface area contributed by atoms with Gasteiger partial charge in [-0.15, -0.1) is 0 Å². The molecule has 1 aromatic heterocycles. The van der Waals surface area contributed by atoms with Gasteiger partial charge in [0.05, 0.1) is 12.1 Å². The van der Waals surface area contributed by atoms with Crippen molar-refractivity contribution in [3.63, 3.8) is 0 Å². The summed E-state index contributed by atoms with van der Waals surface area (Å²) in [6.07, 6.45) is 11.7. The van der Waals surface area contributed by atoms with Crippen molar-refractivity contribution in [2.24, 2.45) is 13.0 Å². The standard InChI is InChI=1S/C16H17NO/c1-17-11-10-14-15(17)8-5-9-16(14)18-12-13-6-3-2-4-7-13/h2-6,8-11,13H,7,12H2,1H3. The topological polar surface area (TPSA) is 14.2 Å². The van der Waals surface area contributed by atoms with Crippen molar-refractivity contribution in [3.05, 3.63) is 54.8 Å². The van der Waals surface area contributed by atoms with Crippen LogP contribution in [0.5, 0.6) is 5.75 Å². The molecule has 0 saturated heterocycles. The lowest BCUT2D eigenvalue weighted by Crippen LogP contribution is -2.10. The van der Waals surface area contributed by atoms with Gasteiger partial charge >= 0.3 is 0 Å². The van der Waals surface area contributed by atoms with Gasteiger partial charge in [0.1, 0.15) is 5.75 Å². The zero-order chi connectivity index (χ0) is 12.4. The molecule has 1 aromatic carbocycles. The molecule has 0 amide bonds. The van der Waals surface area contributed by atoms with Gasteiger partial charge < -0.3 is 9.30 Å². The molecule has 0 fully saturated rings. The van der Waals surface area contributed by atoms with E-state index in [0.29, 0.717) is 5.92 Å². The first-order chi connectivity index (χ1) is 8.84. The Morgan fingerprint density at radius 3 is 3.06 bits per heavy atom. The van der Waals surface area contributed by atoms with Crippen molar-refractivity contribution in [1.82, 2.24) is 4.57 Å². The summed E-state index contributed by atoms with van der Waals surface area (Å²) in [4.78, 5) is 0. The molecule has 0 radical (unpaired) electrons. The SMILES string of the molecule is Cn1ccc2c(OCC3C=CC=CC3)cccc21. The van der Waals surface area contributed by atoms with Crippen molar-refractivity contribution in [1.29, 1.82) is 0 Å². The van der Waals surface area contributed by atoms with E-state index in [-0.39, 0.29) is 0 Å². The summed E-state index contributed by atoms with van der Waals surface area (Å²) in [5.74, 6) is 1.48. The van der Waals surface area contributed by atoms with Crippen LogP contribution in [0.15, 0.2) is 54.8 Å². The molecule has 1 atom stereocenters. The highest BCUT2D eigenvalue weighted by molar-refractivity contribution is 5.86. The minimum absolute atomic E-state index is 0.494. The highest BCUT2D eigenvalue weighted by Gasteiger charge is 2.09. The van der Waals surface area contributed by atoms with Crippen LogP contribution in [0.4, 0.5) is 0 Å². The number of ether oxygens (including phenoxy) is 1. The Kier molecular flexibility index (Phi) is 2.93. The minimum atomic E-state index is 0.494. The van der Waals surface area contributed by atoms with E-state index in [2.05, 4.69) is 54.2 Å². The van der Waals surface area contributed by atoms with Gasteiger partial charge in [0.15, 0.2) is 0 Å². The summed E-state index contributed by atoms with van der Waals surface area (Å²) >= 11 is 0. The predicted octanol–water partition coefficient (Wildman–Crippen LogP) is 3.69. The molecule has 92 valence electrons. The third kappa shape index (κ3) is 2.06. The molecule has 1 unspecified atom stereocenters. The number of aromatic nitrogens is 1. The van der Waals surface area contributed by atoms with E-state index in [1.807, 2.05) is 12.1 Å². The Morgan fingerprint density at radius 1 is 1.28 bits per heavy atom. The predicted molar refractivity (Wildman–Crippen MR) is 74.8 cm³/mol. The second-order valence-corrected chi connectivity index (χ2v) is 4.74. The second-order valence-electron chi connectivity index (χ2n) is 4.74. The molecule has 1 aliphatic carbocycles. The highest BCUT2D eigenvalue weighted by atomic mass is 16.5. The number of hydrogen-bond acceptors (Lipinski definition) is 1. The first-order valence-corrected chi connectivity index (χ1v) is 6.35. The summed E-state index contributed by atoms with van der Waals surface area (Å²) in [5.41, 5.74) is 1.21. The Morgan fingerprint density at radius 2 is 2.22 bits per heavy atom. The number of fused-ring (bicyclic) bond motifs is 1. The van der Waals surface area contributed by atoms with E-state index >= 15 is 0 Å². The van der Waals surface area contributed by atoms with E-state index in [9.17, 15) is 0 Å². The summed E-state index contributed by atoms with van der Waals surface area (Å²) < 4.78 is 8.09. The third-order valence-electron chi connectivity index (χ3n) is 3.41. The molecule has 3 rings (SSSR count). The average Bonchev–Trinajstić information content (AvgIpc) is 2.80. The van der Waals surface area contributed by atoms with Gasteiger partial charge in [-0.25, -0.2) is 0 Å². The van der Waals surface area contributed by atoms with Gasteiger partial charge in [0.2, 0.25) is 0 Å². The minimum Gasteiger partial charge on any atom is -0.492 e. The first-order valence-electron chi connectivity index (χ1n) is 6.35. The molecule has 0 spiro atoms. The van der Waals surface area contributed by atoms with Gasteiger partial charge in [-0.2, -0.15) is 0 Å². The lowest BCUT2D eigenvalue weighted by Gasteiger charge is -2.14. The van der Waals surface area contributed by atoms with Crippen LogP contribution in [-0.4, -0.2) is 11.2 Å². The molecule has 2 aromatic rings.